The van der Waals surface area contributed by atoms with Crippen molar-refractivity contribution in [2.75, 3.05) is 26.1 Å². The van der Waals surface area contributed by atoms with Gasteiger partial charge in [-0.15, -0.1) is 0 Å². The summed E-state index contributed by atoms with van der Waals surface area (Å²) in [6.45, 7) is 0.577. The maximum Gasteiger partial charge on any atom is 0.251 e. The lowest BCUT2D eigenvalue weighted by molar-refractivity contribution is -0.117. The Bertz CT molecular complexity index is 463. The van der Waals surface area contributed by atoms with Crippen molar-refractivity contribution in [3.05, 3.63) is 29.8 Å². The van der Waals surface area contributed by atoms with Gasteiger partial charge in [0.2, 0.25) is 5.91 Å². The average molecular weight is 279 g/mol. The quantitative estimate of drug-likeness (QED) is 0.642. The van der Waals surface area contributed by atoms with Crippen molar-refractivity contribution < 1.29 is 14.3 Å². The second-order valence-corrected chi connectivity index (χ2v) is 4.39. The first kappa shape index (κ1) is 16.1. The van der Waals surface area contributed by atoms with E-state index >= 15 is 0 Å². The maximum atomic E-state index is 11.9. The van der Waals surface area contributed by atoms with Gasteiger partial charge in [0.25, 0.3) is 5.91 Å². The van der Waals surface area contributed by atoms with Gasteiger partial charge in [0.15, 0.2) is 0 Å². The normalized spacial score (nSPS) is 11.8. The van der Waals surface area contributed by atoms with Crippen LogP contribution in [0, 0.1) is 0 Å². The predicted molar refractivity (Wildman–Crippen MR) is 77.5 cm³/mol. The summed E-state index contributed by atoms with van der Waals surface area (Å²) in [5.41, 5.74) is 6.82. The van der Waals surface area contributed by atoms with Gasteiger partial charge in [0, 0.05) is 32.0 Å². The first-order valence-corrected chi connectivity index (χ1v) is 6.46. The average Bonchev–Trinajstić information content (AvgIpc) is 2.46. The van der Waals surface area contributed by atoms with Crippen molar-refractivity contribution >= 4 is 17.5 Å². The van der Waals surface area contributed by atoms with Crippen LogP contribution in [0.2, 0.25) is 0 Å². The van der Waals surface area contributed by atoms with Crippen LogP contribution in [0.5, 0.6) is 0 Å². The number of nitrogens with one attached hydrogen (secondary N) is 2. The van der Waals surface area contributed by atoms with Crippen LogP contribution in [0.1, 0.15) is 23.2 Å². The Balaban J connectivity index is 2.59. The summed E-state index contributed by atoms with van der Waals surface area (Å²) in [6.07, 6.45) is 1.28. The molecule has 0 bridgehead atoms. The molecular formula is C14H21N3O3. The van der Waals surface area contributed by atoms with Crippen LogP contribution < -0.4 is 16.4 Å². The van der Waals surface area contributed by atoms with Crippen LogP contribution in [-0.4, -0.2) is 38.6 Å². The molecule has 0 aliphatic rings. The molecule has 0 aliphatic carbocycles. The van der Waals surface area contributed by atoms with Crippen LogP contribution >= 0.6 is 0 Å². The zero-order valence-electron chi connectivity index (χ0n) is 11.8. The Hall–Kier alpha value is -1.92. The standard InChI is InChI=1S/C14H21N3O3/c1-16-13(18)10-5-3-6-11(9-10)17-14(19)12(15)7-4-8-20-2/h3,5-6,9,12H,4,7-8,15H2,1-2H3,(H,16,18)(H,17,19). The number of carbonyl (C=O) groups excluding carboxylic acids is 2. The summed E-state index contributed by atoms with van der Waals surface area (Å²) in [5, 5.41) is 5.23. The van der Waals surface area contributed by atoms with Crippen molar-refractivity contribution in [2.24, 2.45) is 5.73 Å². The van der Waals surface area contributed by atoms with Gasteiger partial charge in [0.1, 0.15) is 0 Å². The van der Waals surface area contributed by atoms with Crippen molar-refractivity contribution in [3.8, 4) is 0 Å². The number of methoxy groups -OCH3 is 1. The highest BCUT2D eigenvalue weighted by atomic mass is 16.5. The minimum atomic E-state index is -0.589. The van der Waals surface area contributed by atoms with Gasteiger partial charge < -0.3 is 21.1 Å². The summed E-state index contributed by atoms with van der Waals surface area (Å²) in [6, 6.07) is 6.11. The van der Waals surface area contributed by atoms with Gasteiger partial charge in [-0.1, -0.05) is 6.07 Å². The summed E-state index contributed by atoms with van der Waals surface area (Å²) in [5.74, 6) is -0.472. The third-order valence-corrected chi connectivity index (χ3v) is 2.82. The molecule has 6 nitrogen and oxygen atoms in total. The van der Waals surface area contributed by atoms with Gasteiger partial charge in [0.05, 0.1) is 6.04 Å². The molecule has 20 heavy (non-hydrogen) atoms. The highest BCUT2D eigenvalue weighted by molar-refractivity contribution is 5.98. The summed E-state index contributed by atoms with van der Waals surface area (Å²) >= 11 is 0. The Kier molecular flexibility index (Phi) is 6.69. The zero-order chi connectivity index (χ0) is 15.0. The Morgan fingerprint density at radius 1 is 1.40 bits per heavy atom. The molecule has 1 unspecified atom stereocenters. The van der Waals surface area contributed by atoms with E-state index in [1.165, 1.54) is 0 Å². The number of hydrogen-bond donors (Lipinski definition) is 3. The van der Waals surface area contributed by atoms with E-state index in [1.54, 1.807) is 38.4 Å². The summed E-state index contributed by atoms with van der Waals surface area (Å²) in [7, 11) is 3.16. The number of hydrogen-bond acceptors (Lipinski definition) is 4. The minimum absolute atomic E-state index is 0.203. The molecule has 0 radical (unpaired) electrons. The lowest BCUT2D eigenvalue weighted by atomic mass is 10.1. The topological polar surface area (TPSA) is 93.5 Å². The van der Waals surface area contributed by atoms with Gasteiger partial charge >= 0.3 is 0 Å². The first-order valence-electron chi connectivity index (χ1n) is 6.46. The maximum absolute atomic E-state index is 11.9. The SMILES string of the molecule is CNC(=O)c1cccc(NC(=O)C(N)CCCOC)c1. The number of ether oxygens (including phenoxy) is 1. The fraction of sp³-hybridized carbons (Fsp3) is 0.429. The van der Waals surface area contributed by atoms with Crippen LogP contribution in [0.15, 0.2) is 24.3 Å². The van der Waals surface area contributed by atoms with Gasteiger partial charge in [-0.25, -0.2) is 0 Å². The van der Waals surface area contributed by atoms with Crippen LogP contribution in [0.3, 0.4) is 0 Å². The molecule has 1 aromatic rings. The molecule has 6 heteroatoms. The third kappa shape index (κ3) is 4.99. The Morgan fingerprint density at radius 2 is 2.15 bits per heavy atom. The van der Waals surface area contributed by atoms with E-state index in [2.05, 4.69) is 10.6 Å². The Labute approximate surface area is 118 Å². The molecule has 0 saturated carbocycles. The van der Waals surface area contributed by atoms with Crippen LogP contribution in [0.4, 0.5) is 5.69 Å². The molecule has 0 fully saturated rings. The fourth-order valence-corrected chi connectivity index (χ4v) is 1.70. The molecule has 0 aliphatic heterocycles. The number of anilines is 1. The lowest BCUT2D eigenvalue weighted by Crippen LogP contribution is -2.35. The Morgan fingerprint density at radius 3 is 2.80 bits per heavy atom. The molecule has 0 saturated heterocycles. The monoisotopic (exact) mass is 279 g/mol. The van der Waals surface area contributed by atoms with Gasteiger partial charge in [-0.2, -0.15) is 0 Å². The van der Waals surface area contributed by atoms with E-state index in [9.17, 15) is 9.59 Å². The molecule has 1 atom stereocenters. The van der Waals surface area contributed by atoms with Crippen molar-refractivity contribution in [1.82, 2.24) is 5.32 Å². The summed E-state index contributed by atoms with van der Waals surface area (Å²) < 4.78 is 4.91. The smallest absolute Gasteiger partial charge is 0.251 e. The van der Waals surface area contributed by atoms with E-state index in [0.717, 1.165) is 6.42 Å². The van der Waals surface area contributed by atoms with Crippen LogP contribution in [0.25, 0.3) is 0 Å². The molecule has 110 valence electrons. The number of amides is 2. The molecular weight excluding hydrogens is 258 g/mol. The molecule has 1 aromatic carbocycles. The van der Waals surface area contributed by atoms with Gasteiger partial charge in [-0.3, -0.25) is 9.59 Å². The predicted octanol–water partition coefficient (Wildman–Crippen LogP) is 0.739. The van der Waals surface area contributed by atoms with Crippen molar-refractivity contribution in [2.45, 2.75) is 18.9 Å². The molecule has 0 spiro atoms. The number of rotatable bonds is 7. The molecule has 0 aromatic heterocycles. The largest absolute Gasteiger partial charge is 0.385 e. The van der Waals surface area contributed by atoms with E-state index in [0.29, 0.717) is 24.3 Å². The number of benzene rings is 1. The molecule has 4 N–H and O–H groups in total. The second kappa shape index (κ2) is 8.29. The first-order chi connectivity index (χ1) is 9.58. The minimum Gasteiger partial charge on any atom is -0.385 e. The number of carbonyl (C=O) groups is 2. The highest BCUT2D eigenvalue weighted by Crippen LogP contribution is 2.11. The van der Waals surface area contributed by atoms with Crippen molar-refractivity contribution in [3.63, 3.8) is 0 Å². The lowest BCUT2D eigenvalue weighted by Gasteiger charge is -2.12. The molecule has 1 rings (SSSR count). The highest BCUT2D eigenvalue weighted by Gasteiger charge is 2.13. The molecule has 2 amide bonds. The molecule has 0 heterocycles. The summed E-state index contributed by atoms with van der Waals surface area (Å²) in [4.78, 5) is 23.4. The van der Waals surface area contributed by atoms with E-state index in [4.69, 9.17) is 10.5 Å². The van der Waals surface area contributed by atoms with Gasteiger partial charge in [-0.05, 0) is 31.0 Å². The zero-order valence-corrected chi connectivity index (χ0v) is 11.8. The van der Waals surface area contributed by atoms with E-state index in [1.807, 2.05) is 0 Å². The number of nitrogens with two attached hydrogens (primary N) is 1. The second-order valence-electron chi connectivity index (χ2n) is 4.39. The van der Waals surface area contributed by atoms with E-state index in [-0.39, 0.29) is 11.8 Å². The van der Waals surface area contributed by atoms with E-state index < -0.39 is 6.04 Å². The van der Waals surface area contributed by atoms with Crippen LogP contribution in [-0.2, 0) is 9.53 Å². The van der Waals surface area contributed by atoms with Crippen molar-refractivity contribution in [1.29, 1.82) is 0 Å². The fourth-order valence-electron chi connectivity index (χ4n) is 1.70. The third-order valence-electron chi connectivity index (χ3n) is 2.82.